The summed E-state index contributed by atoms with van der Waals surface area (Å²) in [6.45, 7) is 0.106. The average Bonchev–Trinajstić information content (AvgIpc) is 2.27. The molecule has 0 atom stereocenters. The predicted octanol–water partition coefficient (Wildman–Crippen LogP) is -1.39. The Labute approximate surface area is 98.0 Å². The van der Waals surface area contributed by atoms with Crippen molar-refractivity contribution in [3.05, 3.63) is 30.5 Å². The quantitative estimate of drug-likeness (QED) is 0.401. The first-order valence-corrected chi connectivity index (χ1v) is 6.94. The van der Waals surface area contributed by atoms with E-state index in [1.165, 1.54) is 10.9 Å². The van der Waals surface area contributed by atoms with Crippen LogP contribution in [-0.2, 0) is 6.54 Å². The zero-order valence-corrected chi connectivity index (χ0v) is 9.98. The molecule has 0 spiro atoms. The summed E-state index contributed by atoms with van der Waals surface area (Å²) in [4.78, 5) is 28.3. The van der Waals surface area contributed by atoms with Gasteiger partial charge >= 0.3 is 97.3 Å². The topological polar surface area (TPSA) is 97.7 Å². The van der Waals surface area contributed by atoms with E-state index in [1.54, 1.807) is 24.3 Å². The van der Waals surface area contributed by atoms with Gasteiger partial charge in [-0.25, -0.2) is 0 Å². The van der Waals surface area contributed by atoms with Gasteiger partial charge in [-0.2, -0.15) is 0 Å². The molecule has 0 unspecified atom stereocenters. The van der Waals surface area contributed by atoms with Crippen molar-refractivity contribution in [3.63, 3.8) is 0 Å². The Bertz CT molecular complexity index is 541. The number of fused-ring (bicyclic) bond motifs is 1. The van der Waals surface area contributed by atoms with Gasteiger partial charge in [0, 0.05) is 0 Å². The number of rotatable bonds is 3. The summed E-state index contributed by atoms with van der Waals surface area (Å²) in [5.41, 5.74) is 0.535. The Balaban J connectivity index is 2.69. The summed E-state index contributed by atoms with van der Waals surface area (Å²) in [5, 5.41) is 13.6. The summed E-state index contributed by atoms with van der Waals surface area (Å²) in [7, 11) is -4.40. The molecule has 2 aromatic rings. The summed E-state index contributed by atoms with van der Waals surface area (Å²) < 4.78 is 1.38. The van der Waals surface area contributed by atoms with Crippen molar-refractivity contribution in [2.24, 2.45) is 0 Å². The van der Waals surface area contributed by atoms with Crippen LogP contribution in [0.5, 0.6) is 0 Å². The van der Waals surface area contributed by atoms with Crippen LogP contribution in [0.1, 0.15) is 0 Å². The first-order valence-electron chi connectivity index (χ1n) is 5.10. The molecule has 0 amide bonds. The number of aromatic nitrogens is 2. The summed E-state index contributed by atoms with van der Waals surface area (Å²) in [5.74, 6) is 0. The van der Waals surface area contributed by atoms with Gasteiger partial charge in [-0.05, 0) is 0 Å². The molecule has 0 saturated heterocycles. The van der Waals surface area contributed by atoms with Gasteiger partial charge in [0.15, 0.2) is 0 Å². The van der Waals surface area contributed by atoms with Gasteiger partial charge in [-0.1, -0.05) is 0 Å². The van der Waals surface area contributed by atoms with Gasteiger partial charge in [-0.3, -0.25) is 0 Å². The van der Waals surface area contributed by atoms with Gasteiger partial charge in [0.1, 0.15) is 0 Å². The van der Waals surface area contributed by atoms with E-state index in [2.05, 4.69) is 5.10 Å². The van der Waals surface area contributed by atoms with Gasteiger partial charge < -0.3 is 0 Å². The molecule has 0 bridgehead atoms. The molecule has 0 aliphatic rings. The first-order chi connectivity index (χ1) is 8.02. The molecular formula is C10H14N2O4P+. The van der Waals surface area contributed by atoms with Crippen molar-refractivity contribution in [1.82, 2.24) is 5.10 Å². The number of hydrogen-bond acceptors (Lipinski definition) is 5. The van der Waals surface area contributed by atoms with Crippen LogP contribution < -0.4 is 9.99 Å². The van der Waals surface area contributed by atoms with Crippen LogP contribution in [0, 0.1) is 0 Å². The van der Waals surface area contributed by atoms with Crippen LogP contribution in [-0.4, -0.2) is 31.5 Å². The first kappa shape index (κ1) is 12.3. The minimum absolute atomic E-state index is 0.0663. The summed E-state index contributed by atoms with van der Waals surface area (Å²) >= 11 is 0. The third-order valence-corrected chi connectivity index (χ3v) is 3.52. The van der Waals surface area contributed by atoms with E-state index in [1.807, 2.05) is 0 Å². The van der Waals surface area contributed by atoms with E-state index in [0.717, 1.165) is 0 Å². The zero-order valence-electron chi connectivity index (χ0n) is 8.98. The molecule has 0 saturated carbocycles. The van der Waals surface area contributed by atoms with Crippen molar-refractivity contribution in [2.45, 2.75) is 6.54 Å². The van der Waals surface area contributed by atoms with Crippen molar-refractivity contribution in [2.75, 3.05) is 6.61 Å². The van der Waals surface area contributed by atoms with Crippen molar-refractivity contribution in [1.29, 1.82) is 0 Å². The van der Waals surface area contributed by atoms with E-state index < -0.39 is 7.94 Å². The fourth-order valence-corrected chi connectivity index (χ4v) is 2.55. The molecule has 1 aromatic carbocycles. The van der Waals surface area contributed by atoms with Crippen molar-refractivity contribution >= 4 is 24.2 Å². The van der Waals surface area contributed by atoms with Crippen molar-refractivity contribution < 1.29 is 24.5 Å². The number of hydrogen-bond donors (Lipinski definition) is 4. The normalized spacial score (nSPS) is 12.9. The molecule has 7 heteroatoms. The Morgan fingerprint density at radius 3 is 2.53 bits per heavy atom. The molecule has 0 aliphatic heterocycles. The molecule has 92 valence electrons. The minimum atomic E-state index is -4.40. The molecule has 1 heterocycles. The third-order valence-electron chi connectivity index (χ3n) is 2.40. The van der Waals surface area contributed by atoms with Gasteiger partial charge in [-0.15, -0.1) is 0 Å². The van der Waals surface area contributed by atoms with E-state index in [-0.39, 0.29) is 18.5 Å². The SMILES string of the molecule is OCC[n+]1cc([PH](O)(O)O)c2ccccc2n1. The molecule has 17 heavy (non-hydrogen) atoms. The molecule has 0 aliphatic carbocycles. The Morgan fingerprint density at radius 2 is 1.88 bits per heavy atom. The molecule has 2 rings (SSSR count). The second-order valence-electron chi connectivity index (χ2n) is 3.68. The van der Waals surface area contributed by atoms with Crippen LogP contribution in [0.4, 0.5) is 0 Å². The molecular weight excluding hydrogens is 243 g/mol. The number of benzene rings is 1. The Hall–Kier alpha value is -1.17. The maximum absolute atomic E-state index is 9.43. The fourth-order valence-electron chi connectivity index (χ4n) is 1.66. The predicted molar refractivity (Wildman–Crippen MR) is 63.6 cm³/mol. The van der Waals surface area contributed by atoms with E-state index >= 15 is 0 Å². The monoisotopic (exact) mass is 257 g/mol. The van der Waals surface area contributed by atoms with Crippen LogP contribution in [0.3, 0.4) is 0 Å². The maximum atomic E-state index is 9.43. The number of nitrogens with zero attached hydrogens (tertiary/aromatic N) is 2. The zero-order chi connectivity index (χ0) is 12.5. The standard InChI is InChI=1S/C10H14N2O4P/c13-6-5-12-7-10(17(14,15)16)8-3-1-2-4-9(8)11-12/h1-4,7,13-17H,5-6H2/q+1. The third kappa shape index (κ3) is 2.57. The number of aliphatic hydroxyl groups is 1. The van der Waals surface area contributed by atoms with Gasteiger partial charge in [0.25, 0.3) is 0 Å². The molecule has 4 N–H and O–H groups in total. The van der Waals surface area contributed by atoms with Crippen LogP contribution >= 0.6 is 7.94 Å². The van der Waals surface area contributed by atoms with Crippen LogP contribution in [0.15, 0.2) is 30.5 Å². The van der Waals surface area contributed by atoms with Gasteiger partial charge in [0.2, 0.25) is 0 Å². The second-order valence-corrected chi connectivity index (χ2v) is 5.49. The van der Waals surface area contributed by atoms with E-state index in [4.69, 9.17) is 5.11 Å². The Morgan fingerprint density at radius 1 is 1.18 bits per heavy atom. The van der Waals surface area contributed by atoms with E-state index in [0.29, 0.717) is 10.9 Å². The average molecular weight is 257 g/mol. The van der Waals surface area contributed by atoms with Gasteiger partial charge in [0.05, 0.1) is 0 Å². The van der Waals surface area contributed by atoms with Crippen molar-refractivity contribution in [3.8, 4) is 0 Å². The van der Waals surface area contributed by atoms with E-state index in [9.17, 15) is 14.7 Å². The van der Waals surface area contributed by atoms with Crippen LogP contribution in [0.25, 0.3) is 10.9 Å². The molecule has 0 radical (unpaired) electrons. The van der Waals surface area contributed by atoms with Crippen LogP contribution in [0.2, 0.25) is 0 Å². The molecule has 6 nitrogen and oxygen atoms in total. The number of aliphatic hydroxyl groups excluding tert-OH is 1. The summed E-state index contributed by atoms with van der Waals surface area (Å²) in [6, 6.07) is 6.85. The molecule has 0 fully saturated rings. The molecule has 1 aromatic heterocycles. The second kappa shape index (κ2) is 4.60. The Kier molecular flexibility index (Phi) is 3.33. The summed E-state index contributed by atoms with van der Waals surface area (Å²) in [6.07, 6.45) is 1.35. The fraction of sp³-hybridized carbons (Fsp3) is 0.200.